The van der Waals surface area contributed by atoms with Crippen molar-refractivity contribution < 1.29 is 0 Å². The maximum absolute atomic E-state index is 5.30. The van der Waals surface area contributed by atoms with Crippen molar-refractivity contribution in [2.45, 2.75) is 26.2 Å². The number of nitrogens with one attached hydrogen (secondary N) is 2. The van der Waals surface area contributed by atoms with Gasteiger partial charge in [0.15, 0.2) is 5.11 Å². The molecule has 0 atom stereocenters. The van der Waals surface area contributed by atoms with E-state index >= 15 is 0 Å². The molecule has 12 heavy (non-hydrogen) atoms. The van der Waals surface area contributed by atoms with E-state index in [1.807, 2.05) is 0 Å². The summed E-state index contributed by atoms with van der Waals surface area (Å²) in [5.41, 5.74) is 5.30. The molecule has 0 aliphatic carbocycles. The van der Waals surface area contributed by atoms with Crippen LogP contribution in [0.3, 0.4) is 0 Å². The summed E-state index contributed by atoms with van der Waals surface area (Å²) in [6, 6.07) is 0. The van der Waals surface area contributed by atoms with Crippen LogP contribution in [-0.2, 0) is 0 Å². The molecule has 0 amide bonds. The lowest BCUT2D eigenvalue weighted by Gasteiger charge is -2.08. The summed E-state index contributed by atoms with van der Waals surface area (Å²) in [4.78, 5) is 0. The van der Waals surface area contributed by atoms with Gasteiger partial charge < -0.3 is 16.4 Å². The Morgan fingerprint density at radius 3 is 2.50 bits per heavy atom. The molecule has 0 saturated heterocycles. The van der Waals surface area contributed by atoms with Crippen LogP contribution in [0, 0.1) is 0 Å². The molecule has 0 aromatic heterocycles. The summed E-state index contributed by atoms with van der Waals surface area (Å²) < 4.78 is 0. The molecule has 0 saturated carbocycles. The molecule has 72 valence electrons. The minimum Gasteiger partial charge on any atom is -0.363 e. The van der Waals surface area contributed by atoms with E-state index in [4.69, 9.17) is 18.0 Å². The van der Waals surface area contributed by atoms with Crippen LogP contribution in [0.5, 0.6) is 0 Å². The summed E-state index contributed by atoms with van der Waals surface area (Å²) in [7, 11) is 0. The highest BCUT2D eigenvalue weighted by atomic mass is 32.1. The molecular formula is C8H19N3S. The highest BCUT2D eigenvalue weighted by Crippen LogP contribution is 1.90. The Balaban J connectivity index is 3.08. The van der Waals surface area contributed by atoms with Crippen molar-refractivity contribution in [1.82, 2.24) is 10.6 Å². The van der Waals surface area contributed by atoms with Crippen molar-refractivity contribution in [3.63, 3.8) is 0 Å². The zero-order valence-electron chi connectivity index (χ0n) is 7.73. The maximum atomic E-state index is 5.30. The molecule has 0 fully saturated rings. The Morgan fingerprint density at radius 2 is 1.92 bits per heavy atom. The van der Waals surface area contributed by atoms with E-state index in [1.54, 1.807) is 0 Å². The summed E-state index contributed by atoms with van der Waals surface area (Å²) >= 11 is 4.99. The summed E-state index contributed by atoms with van der Waals surface area (Å²) in [6.45, 7) is 4.52. The molecule has 0 aromatic rings. The fraction of sp³-hybridized carbons (Fsp3) is 0.875. The lowest BCUT2D eigenvalue weighted by Crippen LogP contribution is -2.38. The normalized spacial score (nSPS) is 9.50. The van der Waals surface area contributed by atoms with E-state index in [-0.39, 0.29) is 0 Å². The minimum atomic E-state index is 0.622. The fourth-order valence-electron chi connectivity index (χ4n) is 0.825. The lowest BCUT2D eigenvalue weighted by molar-refractivity contribution is 0.688. The summed E-state index contributed by atoms with van der Waals surface area (Å²) in [6.07, 6.45) is 3.68. The number of hydrogen-bond acceptors (Lipinski definition) is 2. The average Bonchev–Trinajstić information content (AvgIpc) is 2.09. The van der Waals surface area contributed by atoms with Crippen molar-refractivity contribution in [3.8, 4) is 0 Å². The van der Waals surface area contributed by atoms with Gasteiger partial charge in [0.1, 0.15) is 0 Å². The highest BCUT2D eigenvalue weighted by molar-refractivity contribution is 7.80. The monoisotopic (exact) mass is 189 g/mol. The molecule has 0 aliphatic heterocycles. The predicted molar refractivity (Wildman–Crippen MR) is 57.2 cm³/mol. The molecule has 0 radical (unpaired) electrons. The third-order valence-corrected chi connectivity index (χ3v) is 1.78. The smallest absolute Gasteiger partial charge is 0.166 e. The number of nitrogens with two attached hydrogens (primary N) is 1. The Kier molecular flexibility index (Phi) is 8.49. The van der Waals surface area contributed by atoms with Crippen molar-refractivity contribution in [3.05, 3.63) is 0 Å². The first-order valence-electron chi connectivity index (χ1n) is 4.53. The van der Waals surface area contributed by atoms with Gasteiger partial charge in [0.25, 0.3) is 0 Å². The molecule has 0 aromatic carbocycles. The topological polar surface area (TPSA) is 50.1 Å². The van der Waals surface area contributed by atoms with Gasteiger partial charge in [-0.25, -0.2) is 0 Å². The van der Waals surface area contributed by atoms with Gasteiger partial charge in [-0.3, -0.25) is 0 Å². The maximum Gasteiger partial charge on any atom is 0.166 e. The highest BCUT2D eigenvalue weighted by Gasteiger charge is 1.91. The zero-order valence-corrected chi connectivity index (χ0v) is 8.54. The van der Waals surface area contributed by atoms with Crippen molar-refractivity contribution >= 4 is 17.3 Å². The summed E-state index contributed by atoms with van der Waals surface area (Å²) in [5, 5.41) is 6.84. The first-order chi connectivity index (χ1) is 5.81. The second-order valence-corrected chi connectivity index (χ2v) is 3.09. The molecule has 3 nitrogen and oxygen atoms in total. The first-order valence-corrected chi connectivity index (χ1v) is 4.93. The van der Waals surface area contributed by atoms with E-state index in [1.165, 1.54) is 19.3 Å². The van der Waals surface area contributed by atoms with Crippen molar-refractivity contribution in [2.24, 2.45) is 5.73 Å². The van der Waals surface area contributed by atoms with E-state index in [2.05, 4.69) is 17.6 Å². The third kappa shape index (κ3) is 7.75. The Hall–Kier alpha value is -0.350. The van der Waals surface area contributed by atoms with Crippen LogP contribution in [0.2, 0.25) is 0 Å². The second kappa shape index (κ2) is 8.74. The van der Waals surface area contributed by atoms with Crippen LogP contribution < -0.4 is 16.4 Å². The van der Waals surface area contributed by atoms with Gasteiger partial charge in [0, 0.05) is 19.6 Å². The summed E-state index contributed by atoms with van der Waals surface area (Å²) in [5.74, 6) is 0. The lowest BCUT2D eigenvalue weighted by atomic mass is 10.2. The first kappa shape index (κ1) is 11.6. The van der Waals surface area contributed by atoms with Gasteiger partial charge in [-0.1, -0.05) is 19.8 Å². The van der Waals surface area contributed by atoms with E-state index in [0.717, 1.165) is 18.2 Å². The van der Waals surface area contributed by atoms with Crippen LogP contribution in [0.15, 0.2) is 0 Å². The Bertz CT molecular complexity index is 117. The average molecular weight is 189 g/mol. The van der Waals surface area contributed by atoms with Gasteiger partial charge in [0.2, 0.25) is 0 Å². The van der Waals surface area contributed by atoms with Gasteiger partial charge in [-0.2, -0.15) is 0 Å². The van der Waals surface area contributed by atoms with Crippen LogP contribution in [0.4, 0.5) is 0 Å². The fourth-order valence-corrected chi connectivity index (χ4v) is 1.03. The van der Waals surface area contributed by atoms with Crippen LogP contribution in [0.1, 0.15) is 26.2 Å². The van der Waals surface area contributed by atoms with Crippen LogP contribution in [-0.4, -0.2) is 24.7 Å². The Morgan fingerprint density at radius 1 is 1.25 bits per heavy atom. The molecule has 0 aliphatic rings. The molecule has 0 heterocycles. The van der Waals surface area contributed by atoms with Gasteiger partial charge in [0.05, 0.1) is 0 Å². The van der Waals surface area contributed by atoms with E-state index < -0.39 is 0 Å². The third-order valence-electron chi connectivity index (χ3n) is 1.50. The quantitative estimate of drug-likeness (QED) is 0.423. The Labute approximate surface area is 80.1 Å². The standard InChI is InChI=1S/C8H19N3S/c1-2-3-4-6-10-8(12)11-7-5-9/h2-7,9H2,1H3,(H2,10,11,12). The second-order valence-electron chi connectivity index (χ2n) is 2.68. The SMILES string of the molecule is CCCCCNC(=S)NCCN. The molecule has 4 N–H and O–H groups in total. The van der Waals surface area contributed by atoms with Crippen LogP contribution >= 0.6 is 12.2 Å². The predicted octanol–water partition coefficient (Wildman–Crippen LogP) is 0.599. The molecule has 0 rings (SSSR count). The van der Waals surface area contributed by atoms with Crippen molar-refractivity contribution in [1.29, 1.82) is 0 Å². The van der Waals surface area contributed by atoms with Gasteiger partial charge in [-0.15, -0.1) is 0 Å². The number of thiocarbonyl (C=S) groups is 1. The number of hydrogen-bond donors (Lipinski definition) is 3. The largest absolute Gasteiger partial charge is 0.363 e. The zero-order chi connectivity index (χ0) is 9.23. The molecule has 4 heteroatoms. The number of unbranched alkanes of at least 4 members (excludes halogenated alkanes) is 2. The van der Waals surface area contributed by atoms with E-state index in [0.29, 0.717) is 6.54 Å². The number of rotatable bonds is 6. The molecular weight excluding hydrogens is 170 g/mol. The van der Waals surface area contributed by atoms with E-state index in [9.17, 15) is 0 Å². The van der Waals surface area contributed by atoms with Gasteiger partial charge >= 0.3 is 0 Å². The molecule has 0 unspecified atom stereocenters. The van der Waals surface area contributed by atoms with Crippen molar-refractivity contribution in [2.75, 3.05) is 19.6 Å². The van der Waals surface area contributed by atoms with Gasteiger partial charge in [-0.05, 0) is 18.6 Å². The van der Waals surface area contributed by atoms with Crippen LogP contribution in [0.25, 0.3) is 0 Å². The molecule has 0 spiro atoms. The minimum absolute atomic E-state index is 0.622. The molecule has 0 bridgehead atoms.